The number of fused-ring (bicyclic) bond motifs is 2. The van der Waals surface area contributed by atoms with Crippen molar-refractivity contribution in [3.8, 4) is 5.75 Å². The fourth-order valence-electron chi connectivity index (χ4n) is 2.58. The summed E-state index contributed by atoms with van der Waals surface area (Å²) in [6, 6.07) is 10.0. The number of nitrogens with zero attached hydrogens (tertiary/aromatic N) is 1. The molecule has 0 bridgehead atoms. The monoisotopic (exact) mass is 330 g/mol. The Morgan fingerprint density at radius 1 is 1.05 bits per heavy atom. The molecule has 0 saturated heterocycles. The molecular weight excluding hydrogens is 323 g/mol. The van der Waals surface area contributed by atoms with Crippen LogP contribution in [0.5, 0.6) is 5.75 Å². The first-order valence-corrected chi connectivity index (χ1v) is 7.23. The highest BCUT2D eigenvalue weighted by Crippen LogP contribution is 2.36. The minimum absolute atomic E-state index is 0.0384. The Bertz CT molecular complexity index is 989. The molecular formula is C16H8Cl2N2O2. The van der Waals surface area contributed by atoms with E-state index in [1.54, 1.807) is 36.4 Å². The zero-order valence-corrected chi connectivity index (χ0v) is 12.5. The molecule has 1 aliphatic heterocycles. The smallest absolute Gasteiger partial charge is 0.215 e. The molecule has 0 radical (unpaired) electrons. The van der Waals surface area contributed by atoms with Gasteiger partial charge in [0.2, 0.25) is 5.78 Å². The number of benzene rings is 2. The molecule has 3 aromatic rings. The SMILES string of the molecule is O=C1C(c2[nH]c3ccc(Cl)cc3c2O)=Nc2ccc(Cl)cc21. The molecule has 0 amide bonds. The number of aromatic hydroxyl groups is 1. The summed E-state index contributed by atoms with van der Waals surface area (Å²) in [6.45, 7) is 0. The van der Waals surface area contributed by atoms with E-state index >= 15 is 0 Å². The number of nitrogens with one attached hydrogen (secondary N) is 1. The van der Waals surface area contributed by atoms with Crippen LogP contribution in [0.15, 0.2) is 41.4 Å². The summed E-state index contributed by atoms with van der Waals surface area (Å²) in [6.07, 6.45) is 0. The number of H-pyrrole nitrogens is 1. The van der Waals surface area contributed by atoms with Gasteiger partial charge in [0.15, 0.2) is 5.75 Å². The maximum atomic E-state index is 12.5. The molecule has 6 heteroatoms. The van der Waals surface area contributed by atoms with Crippen molar-refractivity contribution in [3.05, 3.63) is 57.7 Å². The quantitative estimate of drug-likeness (QED) is 0.690. The normalized spacial score (nSPS) is 13.5. The van der Waals surface area contributed by atoms with Crippen LogP contribution in [-0.2, 0) is 0 Å². The highest BCUT2D eigenvalue weighted by atomic mass is 35.5. The summed E-state index contributed by atoms with van der Waals surface area (Å²) in [5.74, 6) is -0.311. The van der Waals surface area contributed by atoms with Gasteiger partial charge in [0.05, 0.1) is 11.3 Å². The van der Waals surface area contributed by atoms with Crippen LogP contribution in [0.4, 0.5) is 5.69 Å². The van der Waals surface area contributed by atoms with Crippen molar-refractivity contribution in [2.45, 2.75) is 0 Å². The minimum Gasteiger partial charge on any atom is -0.505 e. The van der Waals surface area contributed by atoms with Crippen LogP contribution >= 0.6 is 23.2 Å². The van der Waals surface area contributed by atoms with Gasteiger partial charge in [-0.15, -0.1) is 0 Å². The van der Waals surface area contributed by atoms with Gasteiger partial charge >= 0.3 is 0 Å². The maximum Gasteiger partial charge on any atom is 0.215 e. The molecule has 1 aliphatic rings. The number of aromatic nitrogens is 1. The van der Waals surface area contributed by atoms with Crippen molar-refractivity contribution in [1.29, 1.82) is 0 Å². The van der Waals surface area contributed by atoms with Crippen molar-refractivity contribution in [1.82, 2.24) is 4.98 Å². The predicted molar refractivity (Wildman–Crippen MR) is 87.0 cm³/mol. The van der Waals surface area contributed by atoms with E-state index < -0.39 is 0 Å². The minimum atomic E-state index is -0.273. The van der Waals surface area contributed by atoms with E-state index in [1.165, 1.54) is 0 Å². The largest absolute Gasteiger partial charge is 0.505 e. The first kappa shape index (κ1) is 13.4. The fraction of sp³-hybridized carbons (Fsp3) is 0. The molecule has 0 fully saturated rings. The number of carbonyl (C=O) groups is 1. The predicted octanol–water partition coefficient (Wildman–Crippen LogP) is 4.50. The lowest BCUT2D eigenvalue weighted by Crippen LogP contribution is -2.11. The molecule has 0 spiro atoms. The third-order valence-corrected chi connectivity index (χ3v) is 4.09. The lowest BCUT2D eigenvalue weighted by atomic mass is 10.1. The van der Waals surface area contributed by atoms with Gasteiger partial charge < -0.3 is 10.1 Å². The summed E-state index contributed by atoms with van der Waals surface area (Å²) in [7, 11) is 0. The summed E-state index contributed by atoms with van der Waals surface area (Å²) < 4.78 is 0. The Morgan fingerprint density at radius 3 is 2.59 bits per heavy atom. The van der Waals surface area contributed by atoms with Crippen LogP contribution in [0.3, 0.4) is 0 Å². The molecule has 4 nitrogen and oxygen atoms in total. The first-order valence-electron chi connectivity index (χ1n) is 6.48. The van der Waals surface area contributed by atoms with Crippen LogP contribution in [0, 0.1) is 0 Å². The number of ketones is 1. The Morgan fingerprint density at radius 2 is 1.77 bits per heavy atom. The third kappa shape index (κ3) is 1.85. The average molecular weight is 331 g/mol. The van der Waals surface area contributed by atoms with E-state index in [2.05, 4.69) is 9.98 Å². The van der Waals surface area contributed by atoms with Gasteiger partial charge in [0.25, 0.3) is 0 Å². The van der Waals surface area contributed by atoms with E-state index in [9.17, 15) is 9.90 Å². The topological polar surface area (TPSA) is 65.5 Å². The second-order valence-corrected chi connectivity index (χ2v) is 5.86. The van der Waals surface area contributed by atoms with Crippen molar-refractivity contribution < 1.29 is 9.90 Å². The van der Waals surface area contributed by atoms with Gasteiger partial charge in [-0.25, -0.2) is 4.99 Å². The number of aromatic amines is 1. The maximum absolute atomic E-state index is 12.5. The molecule has 0 unspecified atom stereocenters. The van der Waals surface area contributed by atoms with Crippen molar-refractivity contribution in [2.24, 2.45) is 4.99 Å². The highest BCUT2D eigenvalue weighted by Gasteiger charge is 2.29. The highest BCUT2D eigenvalue weighted by molar-refractivity contribution is 6.55. The van der Waals surface area contributed by atoms with Crippen molar-refractivity contribution in [3.63, 3.8) is 0 Å². The van der Waals surface area contributed by atoms with E-state index in [0.29, 0.717) is 32.2 Å². The molecule has 1 aromatic heterocycles. The van der Waals surface area contributed by atoms with Gasteiger partial charge in [-0.05, 0) is 36.4 Å². The summed E-state index contributed by atoms with van der Waals surface area (Å²) in [5.41, 5.74) is 2.11. The molecule has 2 heterocycles. The molecule has 22 heavy (non-hydrogen) atoms. The van der Waals surface area contributed by atoms with Crippen LogP contribution in [-0.4, -0.2) is 21.6 Å². The molecule has 2 aromatic carbocycles. The van der Waals surface area contributed by atoms with Crippen LogP contribution < -0.4 is 0 Å². The van der Waals surface area contributed by atoms with Gasteiger partial charge in [-0.3, -0.25) is 4.79 Å². The van der Waals surface area contributed by atoms with Crippen LogP contribution in [0.25, 0.3) is 10.9 Å². The average Bonchev–Trinajstić information content (AvgIpc) is 2.98. The van der Waals surface area contributed by atoms with E-state index in [4.69, 9.17) is 23.2 Å². The lowest BCUT2D eigenvalue weighted by molar-refractivity contribution is 0.107. The van der Waals surface area contributed by atoms with E-state index in [-0.39, 0.29) is 22.9 Å². The number of hydrogen-bond donors (Lipinski definition) is 2. The molecule has 0 saturated carbocycles. The molecule has 0 atom stereocenters. The van der Waals surface area contributed by atoms with Gasteiger partial charge in [-0.2, -0.15) is 0 Å². The van der Waals surface area contributed by atoms with Crippen LogP contribution in [0.2, 0.25) is 10.0 Å². The lowest BCUT2D eigenvalue weighted by Gasteiger charge is -1.97. The number of aliphatic imine (C=N–C) groups is 1. The van der Waals surface area contributed by atoms with E-state index in [0.717, 1.165) is 0 Å². The molecule has 0 aliphatic carbocycles. The Balaban J connectivity index is 1.91. The second-order valence-electron chi connectivity index (χ2n) is 4.99. The number of Topliss-reactive ketones (excluding diaryl/α,β-unsaturated/α-hetero) is 1. The molecule has 2 N–H and O–H groups in total. The van der Waals surface area contributed by atoms with Crippen LogP contribution in [0.1, 0.15) is 16.1 Å². The molecule has 4 rings (SSSR count). The van der Waals surface area contributed by atoms with E-state index in [1.807, 2.05) is 0 Å². The van der Waals surface area contributed by atoms with Crippen molar-refractivity contribution in [2.75, 3.05) is 0 Å². The fourth-order valence-corrected chi connectivity index (χ4v) is 2.92. The Kier molecular flexibility index (Phi) is 2.79. The summed E-state index contributed by atoms with van der Waals surface area (Å²) >= 11 is 11.9. The standard InChI is InChI=1S/C16H8Cl2N2O2/c17-7-1-3-11-9(5-7)15(21)13(19-11)14-16(22)10-6-8(18)2-4-12(10)20-14/h1-6,19,21H. The first-order chi connectivity index (χ1) is 10.5. The van der Waals surface area contributed by atoms with Crippen molar-refractivity contribution >= 4 is 51.3 Å². The second kappa shape index (κ2) is 4.60. The zero-order chi connectivity index (χ0) is 15.4. The van der Waals surface area contributed by atoms with Gasteiger partial charge in [0.1, 0.15) is 11.4 Å². The summed E-state index contributed by atoms with van der Waals surface area (Å²) in [4.78, 5) is 19.8. The number of carbonyl (C=O) groups excluding carboxylic acids is 1. The molecule has 108 valence electrons. The summed E-state index contributed by atoms with van der Waals surface area (Å²) in [5, 5.41) is 11.9. The number of rotatable bonds is 1. The number of halogens is 2. The zero-order valence-electron chi connectivity index (χ0n) is 11.0. The Labute approximate surface area is 135 Å². The van der Waals surface area contributed by atoms with Gasteiger partial charge in [0, 0.05) is 20.9 Å². The van der Waals surface area contributed by atoms with Gasteiger partial charge in [-0.1, -0.05) is 23.2 Å². The Hall–Kier alpha value is -2.30. The number of hydrogen-bond acceptors (Lipinski definition) is 3. The third-order valence-electron chi connectivity index (χ3n) is 3.62.